The Bertz CT molecular complexity index is 944. The van der Waals surface area contributed by atoms with Crippen LogP contribution in [0.5, 0.6) is 0 Å². The van der Waals surface area contributed by atoms with Crippen LogP contribution < -0.4 is 5.32 Å². The highest BCUT2D eigenvalue weighted by atomic mass is 16.6. The second-order valence-electron chi connectivity index (χ2n) is 6.42. The highest BCUT2D eigenvalue weighted by Crippen LogP contribution is 2.20. The van der Waals surface area contributed by atoms with Gasteiger partial charge in [-0.1, -0.05) is 12.1 Å². The van der Waals surface area contributed by atoms with E-state index in [-0.39, 0.29) is 23.3 Å². The van der Waals surface area contributed by atoms with Gasteiger partial charge in [-0.25, -0.2) is 0 Å². The van der Waals surface area contributed by atoms with E-state index in [0.29, 0.717) is 0 Å². The van der Waals surface area contributed by atoms with E-state index in [1.165, 1.54) is 10.9 Å². The Morgan fingerprint density at radius 3 is 2.37 bits per heavy atom. The van der Waals surface area contributed by atoms with Gasteiger partial charge in [0.15, 0.2) is 0 Å². The molecule has 2 heterocycles. The number of nitro groups is 1. The first-order chi connectivity index (χ1) is 12.9. The number of benzene rings is 1. The van der Waals surface area contributed by atoms with Crippen molar-refractivity contribution in [1.82, 2.24) is 19.7 Å². The molecule has 2 atom stereocenters. The van der Waals surface area contributed by atoms with Crippen molar-refractivity contribution in [3.8, 4) is 5.69 Å². The maximum atomic E-state index is 12.5. The minimum absolute atomic E-state index is 0.0942. The highest BCUT2D eigenvalue weighted by molar-refractivity contribution is 5.80. The first-order valence-electron chi connectivity index (χ1n) is 8.60. The average molecular weight is 367 g/mol. The molecule has 2 aromatic heterocycles. The molecule has 0 saturated carbocycles. The minimum atomic E-state index is -0.654. The van der Waals surface area contributed by atoms with Gasteiger partial charge in [0, 0.05) is 18.1 Å². The Morgan fingerprint density at radius 1 is 1.19 bits per heavy atom. The summed E-state index contributed by atoms with van der Waals surface area (Å²) in [6.07, 6.45) is 5.22. The summed E-state index contributed by atoms with van der Waals surface area (Å²) >= 11 is 0. The predicted molar refractivity (Wildman–Crippen MR) is 101 cm³/mol. The molecule has 0 bridgehead atoms. The van der Waals surface area contributed by atoms with Crippen molar-refractivity contribution in [1.29, 1.82) is 0 Å². The second kappa shape index (κ2) is 7.45. The van der Waals surface area contributed by atoms with Crippen LogP contribution in [-0.2, 0) is 4.79 Å². The quantitative estimate of drug-likeness (QED) is 0.534. The molecule has 3 rings (SSSR count). The van der Waals surface area contributed by atoms with Crippen molar-refractivity contribution >= 4 is 11.6 Å². The Labute approximate surface area is 156 Å². The second-order valence-corrected chi connectivity index (χ2v) is 6.42. The number of aryl methyl sites for hydroxylation is 1. The monoisotopic (exact) mass is 367 g/mol. The van der Waals surface area contributed by atoms with E-state index in [1.54, 1.807) is 13.8 Å². The molecule has 0 saturated heterocycles. The van der Waals surface area contributed by atoms with Crippen LogP contribution in [0, 0.1) is 17.0 Å². The van der Waals surface area contributed by atoms with Crippen LogP contribution in [0.15, 0.2) is 55.0 Å². The Hall–Kier alpha value is -3.42. The van der Waals surface area contributed by atoms with E-state index in [1.807, 2.05) is 60.3 Å². The lowest BCUT2D eigenvalue weighted by molar-refractivity contribution is -0.385. The number of carbonyl (C=O) groups is 1. The van der Waals surface area contributed by atoms with Crippen LogP contribution in [0.2, 0.25) is 0 Å². The molecule has 3 aromatic rings. The van der Waals surface area contributed by atoms with Gasteiger partial charge < -0.3 is 9.88 Å². The van der Waals surface area contributed by atoms with Crippen LogP contribution in [0.25, 0.3) is 5.69 Å². The standard InChI is InChI=1S/C19H21N5O3/c1-13(16-6-8-17(9-7-16)22-10-4-5-11-22)20-19(25)15(3)23-12-18(24(26)27)14(2)21-23/h4-13,15H,1-3H3,(H,20,25). The van der Waals surface area contributed by atoms with Crippen molar-refractivity contribution in [2.75, 3.05) is 0 Å². The van der Waals surface area contributed by atoms with E-state index in [9.17, 15) is 14.9 Å². The molecular weight excluding hydrogens is 346 g/mol. The topological polar surface area (TPSA) is 95.0 Å². The molecule has 0 aliphatic rings. The van der Waals surface area contributed by atoms with Crippen LogP contribution in [0.4, 0.5) is 5.69 Å². The lowest BCUT2D eigenvalue weighted by Crippen LogP contribution is -2.33. The van der Waals surface area contributed by atoms with E-state index in [0.717, 1.165) is 11.3 Å². The van der Waals surface area contributed by atoms with Crippen LogP contribution >= 0.6 is 0 Å². The molecule has 8 nitrogen and oxygen atoms in total. The number of rotatable bonds is 6. The van der Waals surface area contributed by atoms with E-state index in [2.05, 4.69) is 10.4 Å². The third-order valence-electron chi connectivity index (χ3n) is 4.52. The molecule has 0 spiro atoms. The molecule has 0 aliphatic heterocycles. The number of aromatic nitrogens is 3. The van der Waals surface area contributed by atoms with Gasteiger partial charge in [0.1, 0.15) is 17.9 Å². The first-order valence-corrected chi connectivity index (χ1v) is 8.60. The summed E-state index contributed by atoms with van der Waals surface area (Å²) < 4.78 is 3.33. The Kier molecular flexibility index (Phi) is 5.07. The SMILES string of the molecule is Cc1nn(C(C)C(=O)NC(C)c2ccc(-n3cccc3)cc2)cc1[N+](=O)[O-]. The zero-order valence-corrected chi connectivity index (χ0v) is 15.4. The summed E-state index contributed by atoms with van der Waals surface area (Å²) in [5.41, 5.74) is 2.20. The van der Waals surface area contributed by atoms with Gasteiger partial charge in [-0.2, -0.15) is 5.10 Å². The maximum absolute atomic E-state index is 12.5. The number of amides is 1. The molecule has 0 aliphatic carbocycles. The highest BCUT2D eigenvalue weighted by Gasteiger charge is 2.23. The Morgan fingerprint density at radius 2 is 1.81 bits per heavy atom. The predicted octanol–water partition coefficient (Wildman–Crippen LogP) is 3.33. The van der Waals surface area contributed by atoms with Crippen LogP contribution in [0.1, 0.15) is 37.2 Å². The Balaban J connectivity index is 1.68. The normalized spacial score (nSPS) is 13.1. The van der Waals surface area contributed by atoms with Crippen LogP contribution in [0.3, 0.4) is 0 Å². The van der Waals surface area contributed by atoms with Crippen molar-refractivity contribution in [3.05, 3.63) is 76.4 Å². The summed E-state index contributed by atoms with van der Waals surface area (Å²) in [7, 11) is 0. The molecule has 0 radical (unpaired) electrons. The molecule has 8 heteroatoms. The summed E-state index contributed by atoms with van der Waals surface area (Å²) in [5, 5.41) is 18.0. The number of nitrogens with one attached hydrogen (secondary N) is 1. The molecule has 27 heavy (non-hydrogen) atoms. The van der Waals surface area contributed by atoms with Gasteiger partial charge in [0.2, 0.25) is 5.91 Å². The molecular formula is C19H21N5O3. The van der Waals surface area contributed by atoms with Gasteiger partial charge >= 0.3 is 5.69 Å². The number of hydrogen-bond acceptors (Lipinski definition) is 4. The molecule has 2 unspecified atom stereocenters. The third kappa shape index (κ3) is 3.89. The fourth-order valence-electron chi connectivity index (χ4n) is 2.83. The lowest BCUT2D eigenvalue weighted by Gasteiger charge is -2.18. The maximum Gasteiger partial charge on any atom is 0.309 e. The zero-order chi connectivity index (χ0) is 19.6. The largest absolute Gasteiger partial charge is 0.348 e. The molecule has 1 aromatic carbocycles. The van der Waals surface area contributed by atoms with E-state index >= 15 is 0 Å². The molecule has 1 N–H and O–H groups in total. The van der Waals surface area contributed by atoms with Crippen molar-refractivity contribution in [3.63, 3.8) is 0 Å². The fraction of sp³-hybridized carbons (Fsp3) is 0.263. The number of hydrogen-bond donors (Lipinski definition) is 1. The zero-order valence-electron chi connectivity index (χ0n) is 15.4. The van der Waals surface area contributed by atoms with E-state index < -0.39 is 11.0 Å². The van der Waals surface area contributed by atoms with Crippen molar-refractivity contribution in [2.45, 2.75) is 32.9 Å². The number of nitrogens with zero attached hydrogens (tertiary/aromatic N) is 4. The minimum Gasteiger partial charge on any atom is -0.348 e. The van der Waals surface area contributed by atoms with Crippen molar-refractivity contribution in [2.24, 2.45) is 0 Å². The average Bonchev–Trinajstić information content (AvgIpc) is 3.30. The summed E-state index contributed by atoms with van der Waals surface area (Å²) in [4.78, 5) is 23.0. The van der Waals surface area contributed by atoms with Crippen molar-refractivity contribution < 1.29 is 9.72 Å². The van der Waals surface area contributed by atoms with Gasteiger partial charge in [0.25, 0.3) is 0 Å². The first kappa shape index (κ1) is 18.4. The summed E-state index contributed by atoms with van der Waals surface area (Å²) in [5.74, 6) is -0.255. The summed E-state index contributed by atoms with van der Waals surface area (Å²) in [6, 6.07) is 11.0. The molecule has 1 amide bonds. The molecule has 0 fully saturated rings. The van der Waals surface area contributed by atoms with Gasteiger partial charge in [0.05, 0.1) is 11.0 Å². The van der Waals surface area contributed by atoms with E-state index in [4.69, 9.17) is 0 Å². The van der Waals surface area contributed by atoms with Gasteiger partial charge in [-0.05, 0) is 50.6 Å². The smallest absolute Gasteiger partial charge is 0.309 e. The fourth-order valence-corrected chi connectivity index (χ4v) is 2.83. The summed E-state index contributed by atoms with van der Waals surface area (Å²) in [6.45, 7) is 5.10. The third-order valence-corrected chi connectivity index (χ3v) is 4.52. The number of carbonyl (C=O) groups excluding carboxylic acids is 1. The van der Waals surface area contributed by atoms with Gasteiger partial charge in [-0.3, -0.25) is 19.6 Å². The molecule has 140 valence electrons. The lowest BCUT2D eigenvalue weighted by atomic mass is 10.1. The van der Waals surface area contributed by atoms with Crippen LogP contribution in [-0.4, -0.2) is 25.2 Å². The van der Waals surface area contributed by atoms with Gasteiger partial charge in [-0.15, -0.1) is 0 Å².